The zero-order valence-corrected chi connectivity index (χ0v) is 47.5. The molecule has 0 spiro atoms. The fourth-order valence-electron chi connectivity index (χ4n) is 11.1. The fourth-order valence-corrected chi connectivity index (χ4v) is 18.0. The number of aryl methyl sites for hydroxylation is 2. The van der Waals surface area contributed by atoms with Crippen LogP contribution in [-0.2, 0) is 84.9 Å². The molecule has 2 amide bonds. The predicted octanol–water partition coefficient (Wildman–Crippen LogP) is 5.59. The third-order valence-corrected chi connectivity index (χ3v) is 24.0. The van der Waals surface area contributed by atoms with E-state index >= 15 is 0 Å². The second-order valence-corrected chi connectivity index (χ2v) is 31.1. The second-order valence-electron chi connectivity index (χ2n) is 22.1. The van der Waals surface area contributed by atoms with Gasteiger partial charge in [0.05, 0.1) is 115 Å². The lowest BCUT2D eigenvalue weighted by atomic mass is 10.0. The fraction of sp³-hybridized carbons (Fsp3) is 0.577. The summed E-state index contributed by atoms with van der Waals surface area (Å²) in [5.74, 6) is -3.72. The number of nitriles is 2. The molecule has 4 aromatic rings. The van der Waals surface area contributed by atoms with E-state index in [9.17, 15) is 80.1 Å². The van der Waals surface area contributed by atoms with Crippen LogP contribution in [0.5, 0.6) is 0 Å². The van der Waals surface area contributed by atoms with E-state index < -0.39 is 142 Å². The molecule has 0 bridgehead atoms. The first kappa shape index (κ1) is 60.7. The van der Waals surface area contributed by atoms with Gasteiger partial charge in [0.25, 0.3) is 0 Å². The van der Waals surface area contributed by atoms with Gasteiger partial charge in [-0.1, -0.05) is 12.1 Å². The average Bonchev–Trinajstić information content (AvgIpc) is 4.02. The third kappa shape index (κ3) is 13.4. The maximum Gasteiger partial charge on any atom is 0.417 e. The van der Waals surface area contributed by atoms with Crippen molar-refractivity contribution >= 4 is 51.2 Å². The van der Waals surface area contributed by atoms with E-state index in [1.807, 2.05) is 12.1 Å². The highest BCUT2D eigenvalue weighted by molar-refractivity contribution is 7.92. The van der Waals surface area contributed by atoms with Crippen molar-refractivity contribution in [2.75, 3.05) is 23.0 Å². The molecule has 82 heavy (non-hydrogen) atoms. The number of nitrogens with zero attached hydrogens (tertiary/aromatic N) is 6. The van der Waals surface area contributed by atoms with Crippen molar-refractivity contribution in [3.8, 4) is 34.4 Å². The Morgan fingerprint density at radius 3 is 1.22 bits per heavy atom. The van der Waals surface area contributed by atoms with Crippen molar-refractivity contribution in [3.05, 3.63) is 72.3 Å². The molecule has 2 aromatic carbocycles. The van der Waals surface area contributed by atoms with Gasteiger partial charge in [-0.3, -0.25) is 19.0 Å². The van der Waals surface area contributed by atoms with Crippen molar-refractivity contribution in [3.63, 3.8) is 0 Å². The Kier molecular flexibility index (Phi) is 16.5. The van der Waals surface area contributed by atoms with Gasteiger partial charge in [0.2, 0.25) is 11.8 Å². The molecule has 6 atom stereocenters. The van der Waals surface area contributed by atoms with Gasteiger partial charge >= 0.3 is 12.4 Å². The van der Waals surface area contributed by atoms with Crippen LogP contribution in [0.25, 0.3) is 22.3 Å². The quantitative estimate of drug-likeness (QED) is 0.146. The van der Waals surface area contributed by atoms with Gasteiger partial charge in [-0.25, -0.2) is 33.7 Å². The van der Waals surface area contributed by atoms with Crippen LogP contribution in [-0.4, -0.2) is 134 Å². The van der Waals surface area contributed by atoms with E-state index in [4.69, 9.17) is 9.47 Å². The van der Waals surface area contributed by atoms with Crippen LogP contribution in [0.15, 0.2) is 71.0 Å². The van der Waals surface area contributed by atoms with Crippen LogP contribution in [0.1, 0.15) is 88.2 Å². The number of hydrogen-bond acceptors (Lipinski definition) is 16. The molecule has 2 aliphatic heterocycles. The summed E-state index contributed by atoms with van der Waals surface area (Å²) >= 11 is 0. The summed E-state index contributed by atoms with van der Waals surface area (Å²) in [5.41, 5.74) is -3.65. The highest BCUT2D eigenvalue weighted by Crippen LogP contribution is 2.46. The molecule has 0 radical (unpaired) electrons. The summed E-state index contributed by atoms with van der Waals surface area (Å²) < 4.78 is 203. The number of benzene rings is 2. The first-order valence-electron chi connectivity index (χ1n) is 26.3. The van der Waals surface area contributed by atoms with Crippen molar-refractivity contribution in [1.82, 2.24) is 30.2 Å². The molecule has 2 aromatic heterocycles. The number of sulfone groups is 4. The van der Waals surface area contributed by atoms with Crippen molar-refractivity contribution < 1.29 is 79.1 Å². The van der Waals surface area contributed by atoms with Crippen LogP contribution in [0.4, 0.5) is 26.3 Å². The topological polar surface area (TPSA) is 296 Å². The Balaban J connectivity index is 0.000000198. The van der Waals surface area contributed by atoms with Gasteiger partial charge in [-0.05, 0) is 112 Å². The van der Waals surface area contributed by atoms with Gasteiger partial charge in [0.15, 0.2) is 39.3 Å². The number of amides is 2. The standard InChI is InChI=1S/2C26H29F3N4O6S2/c2*1-33-14-17(13-31-33)16-2-3-23(21(10-16)26(27,28)29)41(37,38)19-11-20(24(34)32-25(15-30)6-7-25)22(12-19)39-18-4-8-40(35,36)9-5-18/h2*2-3,10,13-14,18-20,22H,4-9,11-12H2,1H3,(H,32,34)/t2*19-,20-,22-/m10/s1. The van der Waals surface area contributed by atoms with E-state index in [0.717, 1.165) is 24.3 Å². The van der Waals surface area contributed by atoms with E-state index in [1.54, 1.807) is 14.1 Å². The zero-order valence-electron chi connectivity index (χ0n) is 44.2. The molecule has 0 unspecified atom stereocenters. The first-order chi connectivity index (χ1) is 38.2. The summed E-state index contributed by atoms with van der Waals surface area (Å²) in [6, 6.07) is 10.1. The number of carbonyl (C=O) groups is 2. The SMILES string of the molecule is Cn1cc(-c2ccc(S(=O)(=O)[C@@H]3C[C@H](OC4CCS(=O)(=O)CC4)[C@@H](C(=O)NC4(C#N)CC4)C3)c(C(F)(F)F)c2)cn1.Cn1cc(-c2ccc(S(=O)(=O)[C@H]3C[C@@H](OC4CCS(=O)(=O)CC4)[C@H](C(=O)NC4(C#N)CC4)C3)c(C(F)(F)F)c2)cn1. The Morgan fingerprint density at radius 1 is 0.598 bits per heavy atom. The lowest BCUT2D eigenvalue weighted by Crippen LogP contribution is -2.43. The number of hydrogen-bond donors (Lipinski definition) is 2. The van der Waals surface area contributed by atoms with Gasteiger partial charge in [-0.15, -0.1) is 0 Å². The average molecular weight is 1230 g/mol. The molecular formula is C52H58F6N8O12S4. The van der Waals surface area contributed by atoms with Crippen molar-refractivity contribution in [1.29, 1.82) is 10.5 Å². The zero-order chi connectivity index (χ0) is 59.6. The molecule has 2 saturated heterocycles. The minimum absolute atomic E-state index is 0.112. The molecule has 4 heterocycles. The molecule has 20 nitrogen and oxygen atoms in total. The molecule has 10 rings (SSSR count). The highest BCUT2D eigenvalue weighted by atomic mass is 32.2. The normalized spacial score (nSPS) is 25.9. The van der Waals surface area contributed by atoms with Gasteiger partial charge in [-0.2, -0.15) is 47.1 Å². The summed E-state index contributed by atoms with van der Waals surface area (Å²) in [4.78, 5) is 24.7. The number of rotatable bonds is 14. The second kappa shape index (κ2) is 22.3. The summed E-state index contributed by atoms with van der Waals surface area (Å²) in [6.07, 6.45) is -5.90. The number of nitrogens with one attached hydrogen (secondary N) is 2. The van der Waals surface area contributed by atoms with Gasteiger partial charge in [0, 0.05) is 37.6 Å². The highest BCUT2D eigenvalue weighted by Gasteiger charge is 2.54. The molecular weight excluding hydrogens is 1170 g/mol. The summed E-state index contributed by atoms with van der Waals surface area (Å²) in [6.45, 7) is 0. The third-order valence-electron chi connectivity index (χ3n) is 16.1. The number of alkyl halides is 6. The van der Waals surface area contributed by atoms with Crippen molar-refractivity contribution in [2.45, 2.75) is 145 Å². The summed E-state index contributed by atoms with van der Waals surface area (Å²) in [7, 11) is -12.4. The summed E-state index contributed by atoms with van der Waals surface area (Å²) in [5, 5.41) is 29.3. The van der Waals surface area contributed by atoms with Crippen LogP contribution >= 0.6 is 0 Å². The van der Waals surface area contributed by atoms with Crippen LogP contribution in [0.2, 0.25) is 0 Å². The Morgan fingerprint density at radius 2 is 0.939 bits per heavy atom. The van der Waals surface area contributed by atoms with Gasteiger partial charge < -0.3 is 20.1 Å². The van der Waals surface area contributed by atoms with Crippen molar-refractivity contribution in [2.24, 2.45) is 25.9 Å². The minimum Gasteiger partial charge on any atom is -0.374 e. The lowest BCUT2D eigenvalue weighted by molar-refractivity contribution is -0.140. The molecule has 30 heteroatoms. The number of aromatic nitrogens is 4. The number of ether oxygens (including phenoxy) is 2. The molecule has 4 aliphatic carbocycles. The molecule has 444 valence electrons. The number of carbonyl (C=O) groups excluding carboxylic acids is 2. The smallest absolute Gasteiger partial charge is 0.374 e. The van der Waals surface area contributed by atoms with Crippen LogP contribution < -0.4 is 10.6 Å². The monoisotopic (exact) mass is 1230 g/mol. The largest absolute Gasteiger partial charge is 0.417 e. The van der Waals surface area contributed by atoms with Crippen LogP contribution in [0, 0.1) is 34.5 Å². The van der Waals surface area contributed by atoms with E-state index in [0.29, 0.717) is 36.8 Å². The predicted molar refractivity (Wildman–Crippen MR) is 279 cm³/mol. The molecule has 4 saturated carbocycles. The number of halogens is 6. The molecule has 6 fully saturated rings. The minimum atomic E-state index is -4.98. The first-order valence-corrected chi connectivity index (χ1v) is 33.1. The maximum atomic E-state index is 14.2. The van der Waals surface area contributed by atoms with E-state index in [-0.39, 0.29) is 85.5 Å². The molecule has 6 aliphatic rings. The lowest BCUT2D eigenvalue weighted by Gasteiger charge is -2.28. The van der Waals surface area contributed by atoms with E-state index in [2.05, 4.69) is 20.8 Å². The maximum absolute atomic E-state index is 14.2. The van der Waals surface area contributed by atoms with Gasteiger partial charge in [0.1, 0.15) is 11.1 Å². The van der Waals surface area contributed by atoms with E-state index in [1.165, 1.54) is 46.3 Å². The Bertz CT molecular complexity index is 3430. The molecule has 2 N–H and O–H groups in total. The Labute approximate surface area is 469 Å². The Hall–Kier alpha value is -5.92. The van der Waals surface area contributed by atoms with Crippen LogP contribution in [0.3, 0.4) is 0 Å².